The van der Waals surface area contributed by atoms with Crippen LogP contribution in [-0.2, 0) is 6.54 Å². The fourth-order valence-corrected chi connectivity index (χ4v) is 2.42. The molecule has 6 heteroatoms. The molecule has 0 fully saturated rings. The van der Waals surface area contributed by atoms with Gasteiger partial charge in [0.2, 0.25) is 6.79 Å². The minimum absolute atomic E-state index is 0.279. The number of anilines is 1. The molecule has 1 aliphatic rings. The fraction of sp³-hybridized carbons (Fsp3) is 0.200. The molecule has 1 aliphatic heterocycles. The van der Waals surface area contributed by atoms with E-state index < -0.39 is 0 Å². The van der Waals surface area contributed by atoms with Crippen LogP contribution in [-0.4, -0.2) is 28.1 Å². The van der Waals surface area contributed by atoms with E-state index in [4.69, 9.17) is 9.47 Å². The van der Waals surface area contributed by atoms with Crippen molar-refractivity contribution in [3.63, 3.8) is 0 Å². The van der Waals surface area contributed by atoms with Crippen LogP contribution in [0.1, 0.15) is 0 Å². The molecular formula is C15H14N4O2. The second-order valence-corrected chi connectivity index (χ2v) is 4.78. The molecular weight excluding hydrogens is 268 g/mol. The summed E-state index contributed by atoms with van der Waals surface area (Å²) in [4.78, 5) is 4.41. The number of rotatable bonds is 4. The Bertz CT molecular complexity index is 771. The van der Waals surface area contributed by atoms with E-state index >= 15 is 0 Å². The second kappa shape index (κ2) is 4.97. The minimum atomic E-state index is 0.279. The first kappa shape index (κ1) is 12.0. The summed E-state index contributed by atoms with van der Waals surface area (Å²) in [6.07, 6.45) is 5.51. The van der Waals surface area contributed by atoms with Gasteiger partial charge < -0.3 is 14.8 Å². The first-order chi connectivity index (χ1) is 10.4. The van der Waals surface area contributed by atoms with E-state index in [0.29, 0.717) is 0 Å². The summed E-state index contributed by atoms with van der Waals surface area (Å²) in [5, 5.41) is 9.63. The van der Waals surface area contributed by atoms with Crippen LogP contribution in [0.25, 0.3) is 10.8 Å². The van der Waals surface area contributed by atoms with E-state index in [1.165, 1.54) is 0 Å². The van der Waals surface area contributed by atoms with E-state index in [9.17, 15) is 0 Å². The second-order valence-electron chi connectivity index (χ2n) is 4.78. The number of pyridine rings is 1. The molecule has 0 aliphatic carbocycles. The van der Waals surface area contributed by atoms with Crippen molar-refractivity contribution in [1.29, 1.82) is 0 Å². The Balaban J connectivity index is 1.59. The van der Waals surface area contributed by atoms with Crippen LogP contribution in [0.15, 0.2) is 42.9 Å². The van der Waals surface area contributed by atoms with Gasteiger partial charge in [-0.05, 0) is 29.7 Å². The van der Waals surface area contributed by atoms with Gasteiger partial charge in [-0.3, -0.25) is 4.68 Å². The van der Waals surface area contributed by atoms with Gasteiger partial charge in [-0.15, -0.1) is 0 Å². The molecule has 3 aromatic rings. The van der Waals surface area contributed by atoms with E-state index in [2.05, 4.69) is 15.4 Å². The largest absolute Gasteiger partial charge is 0.454 e. The highest BCUT2D eigenvalue weighted by Gasteiger charge is 2.15. The molecule has 1 aromatic carbocycles. The van der Waals surface area contributed by atoms with Crippen LogP contribution in [0.4, 0.5) is 5.82 Å². The van der Waals surface area contributed by atoms with Gasteiger partial charge >= 0.3 is 0 Å². The number of nitrogens with zero attached hydrogens (tertiary/aromatic N) is 3. The van der Waals surface area contributed by atoms with Gasteiger partial charge in [0.1, 0.15) is 5.82 Å². The summed E-state index contributed by atoms with van der Waals surface area (Å²) in [7, 11) is 0. The number of benzene rings is 1. The maximum atomic E-state index is 5.43. The van der Waals surface area contributed by atoms with Crippen LogP contribution in [0, 0.1) is 0 Å². The SMILES string of the molecule is c1cnn(CCNc2nccc3cc4c(cc23)OCO4)c1. The Hall–Kier alpha value is -2.76. The van der Waals surface area contributed by atoms with Crippen molar-refractivity contribution in [2.75, 3.05) is 18.7 Å². The molecule has 0 saturated carbocycles. The highest BCUT2D eigenvalue weighted by atomic mass is 16.7. The Kier molecular flexibility index (Phi) is 2.85. The Morgan fingerprint density at radius 3 is 2.95 bits per heavy atom. The van der Waals surface area contributed by atoms with E-state index in [1.54, 1.807) is 12.4 Å². The third kappa shape index (κ3) is 2.24. The summed E-state index contributed by atoms with van der Waals surface area (Å²) < 4.78 is 12.7. The lowest BCUT2D eigenvalue weighted by Crippen LogP contribution is -2.11. The van der Waals surface area contributed by atoms with Crippen molar-refractivity contribution in [3.8, 4) is 11.5 Å². The number of hydrogen-bond donors (Lipinski definition) is 1. The monoisotopic (exact) mass is 282 g/mol. The fourth-order valence-electron chi connectivity index (χ4n) is 2.42. The molecule has 106 valence electrons. The van der Waals surface area contributed by atoms with E-state index in [1.807, 2.05) is 35.1 Å². The predicted molar refractivity (Wildman–Crippen MR) is 78.6 cm³/mol. The Morgan fingerprint density at radius 1 is 1.19 bits per heavy atom. The molecule has 6 nitrogen and oxygen atoms in total. The smallest absolute Gasteiger partial charge is 0.231 e. The highest BCUT2D eigenvalue weighted by molar-refractivity contribution is 5.94. The standard InChI is InChI=1S/C15H14N4O2/c1-3-18-19(6-1)7-5-17-15-12-9-14-13(20-10-21-14)8-11(12)2-4-16-15/h1-4,6,8-9H,5,7,10H2,(H,16,17). The Labute approximate surface area is 121 Å². The third-order valence-corrected chi connectivity index (χ3v) is 3.45. The molecule has 0 atom stereocenters. The number of nitrogens with one attached hydrogen (secondary N) is 1. The summed E-state index contributed by atoms with van der Waals surface area (Å²) in [6.45, 7) is 1.82. The highest BCUT2D eigenvalue weighted by Crippen LogP contribution is 2.37. The van der Waals surface area contributed by atoms with E-state index in [-0.39, 0.29) is 6.79 Å². The normalized spacial score (nSPS) is 12.8. The lowest BCUT2D eigenvalue weighted by Gasteiger charge is -2.09. The molecule has 0 radical (unpaired) electrons. The molecule has 0 amide bonds. The molecule has 0 saturated heterocycles. The molecule has 2 aromatic heterocycles. The van der Waals surface area contributed by atoms with Crippen LogP contribution in [0.3, 0.4) is 0 Å². The zero-order valence-electron chi connectivity index (χ0n) is 11.3. The molecule has 0 unspecified atom stereocenters. The summed E-state index contributed by atoms with van der Waals surface area (Å²) in [5.74, 6) is 2.40. The lowest BCUT2D eigenvalue weighted by molar-refractivity contribution is 0.174. The van der Waals surface area contributed by atoms with Crippen molar-refractivity contribution in [2.45, 2.75) is 6.54 Å². The van der Waals surface area contributed by atoms with Crippen LogP contribution < -0.4 is 14.8 Å². The zero-order chi connectivity index (χ0) is 14.1. The van der Waals surface area contributed by atoms with Crippen molar-refractivity contribution in [3.05, 3.63) is 42.9 Å². The topological polar surface area (TPSA) is 61.2 Å². The maximum Gasteiger partial charge on any atom is 0.231 e. The van der Waals surface area contributed by atoms with Gasteiger partial charge in [0.05, 0.1) is 6.54 Å². The number of ether oxygens (including phenoxy) is 2. The van der Waals surface area contributed by atoms with Crippen molar-refractivity contribution in [2.24, 2.45) is 0 Å². The van der Waals surface area contributed by atoms with Crippen molar-refractivity contribution < 1.29 is 9.47 Å². The lowest BCUT2D eigenvalue weighted by atomic mass is 10.1. The molecule has 0 bridgehead atoms. The molecule has 3 heterocycles. The zero-order valence-corrected chi connectivity index (χ0v) is 11.3. The molecule has 1 N–H and O–H groups in total. The summed E-state index contributed by atoms with van der Waals surface area (Å²) in [6, 6.07) is 7.84. The predicted octanol–water partition coefficient (Wildman–Crippen LogP) is 2.27. The summed E-state index contributed by atoms with van der Waals surface area (Å²) in [5.41, 5.74) is 0. The molecule has 21 heavy (non-hydrogen) atoms. The number of hydrogen-bond acceptors (Lipinski definition) is 5. The maximum absolute atomic E-state index is 5.43. The van der Waals surface area contributed by atoms with Crippen molar-refractivity contribution >= 4 is 16.6 Å². The number of aromatic nitrogens is 3. The third-order valence-electron chi connectivity index (χ3n) is 3.45. The van der Waals surface area contributed by atoms with Gasteiger partial charge in [0, 0.05) is 30.5 Å². The van der Waals surface area contributed by atoms with E-state index in [0.717, 1.165) is 41.2 Å². The first-order valence-electron chi connectivity index (χ1n) is 6.80. The average Bonchev–Trinajstić information content (AvgIpc) is 3.16. The van der Waals surface area contributed by atoms with Gasteiger partial charge in [-0.25, -0.2) is 4.98 Å². The average molecular weight is 282 g/mol. The van der Waals surface area contributed by atoms with Gasteiger partial charge in [0.25, 0.3) is 0 Å². The Morgan fingerprint density at radius 2 is 2.10 bits per heavy atom. The quantitative estimate of drug-likeness (QED) is 0.795. The minimum Gasteiger partial charge on any atom is -0.454 e. The van der Waals surface area contributed by atoms with Crippen LogP contribution >= 0.6 is 0 Å². The van der Waals surface area contributed by atoms with Crippen molar-refractivity contribution in [1.82, 2.24) is 14.8 Å². The molecule has 4 rings (SSSR count). The van der Waals surface area contributed by atoms with Gasteiger partial charge in [-0.1, -0.05) is 0 Å². The van der Waals surface area contributed by atoms with Crippen LogP contribution in [0.2, 0.25) is 0 Å². The summed E-state index contributed by atoms with van der Waals surface area (Å²) >= 11 is 0. The molecule has 0 spiro atoms. The van der Waals surface area contributed by atoms with Gasteiger partial charge in [0.15, 0.2) is 11.5 Å². The van der Waals surface area contributed by atoms with Gasteiger partial charge in [-0.2, -0.15) is 5.10 Å². The number of fused-ring (bicyclic) bond motifs is 2. The first-order valence-corrected chi connectivity index (χ1v) is 6.80. The van der Waals surface area contributed by atoms with Crippen LogP contribution in [0.5, 0.6) is 11.5 Å².